The summed E-state index contributed by atoms with van der Waals surface area (Å²) in [7, 11) is 0. The van der Waals surface area contributed by atoms with Crippen LogP contribution in [-0.4, -0.2) is 25.7 Å². The highest BCUT2D eigenvalue weighted by atomic mass is 19.1. The summed E-state index contributed by atoms with van der Waals surface area (Å²) in [5.74, 6) is 5.71. The van der Waals surface area contributed by atoms with Gasteiger partial charge < -0.3 is 19.9 Å². The van der Waals surface area contributed by atoms with Crippen LogP contribution >= 0.6 is 0 Å². The molecule has 3 aliphatic rings. The van der Waals surface area contributed by atoms with Crippen LogP contribution in [0.1, 0.15) is 64.8 Å². The number of imidazole rings is 1. The van der Waals surface area contributed by atoms with Crippen LogP contribution in [0.25, 0.3) is 11.4 Å². The fraction of sp³-hybridized carbons (Fsp3) is 0.318. The molecule has 1 aromatic carbocycles. The van der Waals surface area contributed by atoms with Gasteiger partial charge in [0.05, 0.1) is 5.56 Å². The molecule has 1 amide bonds. The monoisotopic (exact) mass is 406 g/mol. The van der Waals surface area contributed by atoms with E-state index in [0.29, 0.717) is 11.6 Å². The maximum absolute atomic E-state index is 14.9. The van der Waals surface area contributed by atoms with Crippen molar-refractivity contribution < 1.29 is 18.8 Å². The minimum atomic E-state index is -1.60. The zero-order chi connectivity index (χ0) is 21.2. The predicted molar refractivity (Wildman–Crippen MR) is 105 cm³/mol. The van der Waals surface area contributed by atoms with Gasteiger partial charge in [-0.25, -0.2) is 9.37 Å². The first-order valence-electron chi connectivity index (χ1n) is 9.65. The van der Waals surface area contributed by atoms with Gasteiger partial charge in [-0.15, -0.1) is 0 Å². The minimum Gasteiger partial charge on any atom is -0.372 e. The van der Waals surface area contributed by atoms with Crippen molar-refractivity contribution in [3.63, 3.8) is 0 Å². The molecule has 0 saturated heterocycles. The number of aliphatic hydroxyl groups is 1. The lowest BCUT2D eigenvalue weighted by Crippen LogP contribution is -2.22. The molecule has 152 valence electrons. The zero-order valence-electron chi connectivity index (χ0n) is 16.4. The summed E-state index contributed by atoms with van der Waals surface area (Å²) >= 11 is 0. The topological polar surface area (TPSA) is 107 Å². The van der Waals surface area contributed by atoms with E-state index >= 15 is 0 Å². The van der Waals surface area contributed by atoms with Crippen LogP contribution in [0, 0.1) is 24.6 Å². The average Bonchev–Trinajstić information content (AvgIpc) is 3.23. The number of carbonyl (C=O) groups excluding carboxylic acids is 1. The number of aromatic nitrogens is 3. The average molecular weight is 406 g/mol. The quantitative estimate of drug-likeness (QED) is 0.637. The van der Waals surface area contributed by atoms with Crippen LogP contribution in [0.4, 0.5) is 4.39 Å². The third-order valence-electron chi connectivity index (χ3n) is 5.88. The Morgan fingerprint density at radius 1 is 1.40 bits per heavy atom. The number of carbonyl (C=O) groups is 1. The number of halogens is 1. The molecule has 1 saturated carbocycles. The minimum absolute atomic E-state index is 0.128. The van der Waals surface area contributed by atoms with Gasteiger partial charge in [-0.1, -0.05) is 17.0 Å². The highest BCUT2D eigenvalue weighted by molar-refractivity contribution is 5.91. The smallest absolute Gasteiger partial charge is 0.268 e. The summed E-state index contributed by atoms with van der Waals surface area (Å²) in [6, 6.07) is 4.92. The zero-order valence-corrected chi connectivity index (χ0v) is 16.4. The molecule has 4 heterocycles. The summed E-state index contributed by atoms with van der Waals surface area (Å²) in [6.07, 6.45) is 3.39. The molecule has 6 rings (SSSR count). The first kappa shape index (κ1) is 18.6. The van der Waals surface area contributed by atoms with Gasteiger partial charge in [0.1, 0.15) is 28.8 Å². The van der Waals surface area contributed by atoms with Crippen molar-refractivity contribution in [2.24, 2.45) is 5.73 Å². The van der Waals surface area contributed by atoms with Gasteiger partial charge >= 0.3 is 0 Å². The van der Waals surface area contributed by atoms with E-state index in [4.69, 9.17) is 10.3 Å². The maximum Gasteiger partial charge on any atom is 0.268 e. The van der Waals surface area contributed by atoms with Crippen LogP contribution in [-0.2, 0) is 5.60 Å². The van der Waals surface area contributed by atoms with Crippen LogP contribution in [0.5, 0.6) is 0 Å². The molecule has 2 aliphatic heterocycles. The lowest BCUT2D eigenvalue weighted by atomic mass is 9.75. The molecule has 2 bridgehead atoms. The van der Waals surface area contributed by atoms with Gasteiger partial charge in [0, 0.05) is 23.9 Å². The van der Waals surface area contributed by atoms with E-state index in [0.717, 1.165) is 24.0 Å². The summed E-state index contributed by atoms with van der Waals surface area (Å²) < 4.78 is 21.8. The maximum atomic E-state index is 14.9. The highest BCUT2D eigenvalue weighted by Crippen LogP contribution is 2.52. The number of nitrogens with zero attached hydrogens (tertiary/aromatic N) is 3. The molecule has 8 heteroatoms. The second kappa shape index (κ2) is 6.28. The van der Waals surface area contributed by atoms with E-state index in [1.54, 1.807) is 25.3 Å². The second-order valence-corrected chi connectivity index (χ2v) is 8.11. The van der Waals surface area contributed by atoms with E-state index < -0.39 is 17.3 Å². The Morgan fingerprint density at radius 3 is 2.83 bits per heavy atom. The Kier molecular flexibility index (Phi) is 3.89. The molecule has 1 atom stereocenters. The van der Waals surface area contributed by atoms with Crippen molar-refractivity contribution in [1.82, 2.24) is 14.7 Å². The summed E-state index contributed by atoms with van der Waals surface area (Å²) in [4.78, 5) is 16.0. The van der Waals surface area contributed by atoms with Gasteiger partial charge in [-0.2, -0.15) is 0 Å². The van der Waals surface area contributed by atoms with Crippen LogP contribution in [0.3, 0.4) is 0 Å². The lowest BCUT2D eigenvalue weighted by Gasteiger charge is -2.34. The number of aryl methyl sites for hydroxylation is 1. The van der Waals surface area contributed by atoms with Gasteiger partial charge in [0.25, 0.3) is 5.91 Å². The lowest BCUT2D eigenvalue weighted by molar-refractivity contribution is 0.0995. The Bertz CT molecular complexity index is 1260. The first-order valence-corrected chi connectivity index (χ1v) is 9.65. The Labute approximate surface area is 171 Å². The number of hydrogen-bond donors (Lipinski definition) is 2. The predicted octanol–water partition coefficient (Wildman–Crippen LogP) is 2.78. The SMILES string of the molecule is Cc1cc([C@@](C)(O)C#Cc2cc3c(cc2F)C2CC(C2)n2cc(C(N)=O)nc2-3)no1. The molecule has 0 spiro atoms. The number of nitrogens with two attached hydrogens (primary N) is 1. The van der Waals surface area contributed by atoms with Gasteiger partial charge in [0.15, 0.2) is 5.60 Å². The van der Waals surface area contributed by atoms with Crippen molar-refractivity contribution in [2.75, 3.05) is 0 Å². The molecule has 1 aliphatic carbocycles. The van der Waals surface area contributed by atoms with Crippen molar-refractivity contribution in [2.45, 2.75) is 44.2 Å². The normalized spacial score (nSPS) is 20.7. The second-order valence-electron chi connectivity index (χ2n) is 8.11. The molecular formula is C22H19FN4O3. The van der Waals surface area contributed by atoms with E-state index in [1.807, 2.05) is 4.57 Å². The van der Waals surface area contributed by atoms with Crippen molar-refractivity contribution in [3.8, 4) is 23.2 Å². The molecule has 30 heavy (non-hydrogen) atoms. The molecule has 7 nitrogen and oxygen atoms in total. The van der Waals surface area contributed by atoms with Crippen molar-refractivity contribution >= 4 is 5.91 Å². The van der Waals surface area contributed by atoms with Crippen LogP contribution in [0.15, 0.2) is 28.9 Å². The molecule has 1 fully saturated rings. The summed E-state index contributed by atoms with van der Waals surface area (Å²) in [5.41, 5.74) is 5.96. The number of primary amides is 1. The molecule has 3 N–H and O–H groups in total. The van der Waals surface area contributed by atoms with E-state index in [-0.39, 0.29) is 28.9 Å². The summed E-state index contributed by atoms with van der Waals surface area (Å²) in [6.45, 7) is 3.18. The van der Waals surface area contributed by atoms with E-state index in [1.165, 1.54) is 13.0 Å². The number of hydrogen-bond acceptors (Lipinski definition) is 5. The summed E-state index contributed by atoms with van der Waals surface area (Å²) in [5, 5.41) is 14.4. The van der Waals surface area contributed by atoms with Crippen LogP contribution < -0.4 is 5.73 Å². The van der Waals surface area contributed by atoms with Gasteiger partial charge in [0.2, 0.25) is 0 Å². The fourth-order valence-corrected chi connectivity index (χ4v) is 4.12. The third-order valence-corrected chi connectivity index (χ3v) is 5.88. The number of amides is 1. The van der Waals surface area contributed by atoms with E-state index in [9.17, 15) is 14.3 Å². The fourth-order valence-electron chi connectivity index (χ4n) is 4.12. The Hall–Kier alpha value is -3.44. The highest BCUT2D eigenvalue weighted by Gasteiger charge is 2.39. The third kappa shape index (κ3) is 2.82. The molecule has 2 aromatic heterocycles. The molecule has 3 aromatic rings. The Morgan fingerprint density at radius 2 is 2.17 bits per heavy atom. The largest absolute Gasteiger partial charge is 0.372 e. The molecule has 0 radical (unpaired) electrons. The number of benzene rings is 1. The van der Waals surface area contributed by atoms with Gasteiger partial charge in [-0.3, -0.25) is 4.79 Å². The number of rotatable bonds is 2. The molecule has 0 unspecified atom stereocenters. The first-order chi connectivity index (χ1) is 14.2. The standard InChI is InChI=1S/C22H19FN4O3/c1-11-5-19(26-30-11)22(2,29)4-3-12-8-16-15(9-17(12)23)13-6-14(7-13)27-10-18(20(24)28)25-21(16)27/h5,8-10,13-14,29H,6-7H2,1-2H3,(H2,24,28)/t13?,14?,22-/m0/s1. The van der Waals surface area contributed by atoms with Crippen molar-refractivity contribution in [3.05, 3.63) is 58.5 Å². The molecular weight excluding hydrogens is 387 g/mol. The van der Waals surface area contributed by atoms with Crippen LogP contribution in [0.2, 0.25) is 0 Å². The Balaban J connectivity index is 1.61. The van der Waals surface area contributed by atoms with E-state index in [2.05, 4.69) is 22.0 Å². The van der Waals surface area contributed by atoms with Gasteiger partial charge in [-0.05, 0) is 50.3 Å². The van der Waals surface area contributed by atoms with Crippen molar-refractivity contribution in [1.29, 1.82) is 0 Å².